The van der Waals surface area contributed by atoms with Gasteiger partial charge < -0.3 is 14.4 Å². The average molecular weight is 551 g/mol. The Morgan fingerprint density at radius 2 is 1.54 bits per heavy atom. The summed E-state index contributed by atoms with van der Waals surface area (Å²) in [6, 6.07) is 27.4. The maximum Gasteiger partial charge on any atom is 0.253 e. The lowest BCUT2D eigenvalue weighted by molar-refractivity contribution is -0.117. The van der Waals surface area contributed by atoms with E-state index in [-0.39, 0.29) is 35.9 Å². The average Bonchev–Trinajstić information content (AvgIpc) is 3.37. The molecule has 5 rings (SSSR count). The summed E-state index contributed by atoms with van der Waals surface area (Å²) in [6.45, 7) is 4.91. The molecule has 4 aromatic rings. The smallest absolute Gasteiger partial charge is 0.253 e. The van der Waals surface area contributed by atoms with Crippen molar-refractivity contribution in [2.75, 3.05) is 33.2 Å². The summed E-state index contributed by atoms with van der Waals surface area (Å²) < 4.78 is 1.78. The second-order valence-electron chi connectivity index (χ2n) is 11.1. The standard InChI is InChI=1S/C34H38N4O3/c1-25(39)23-38-31-16-10-9-15-30(31)35-33(38)32(40)27-17-20-37(21-18-27)22-19-29(26-11-5-3-6-12-26)24-36(2)34(41)28-13-7-4-8-14-28/h3-16,27,29H,17-24H2,1-2H3. The van der Waals surface area contributed by atoms with Crippen molar-refractivity contribution < 1.29 is 14.4 Å². The molecule has 41 heavy (non-hydrogen) atoms. The van der Waals surface area contributed by atoms with Crippen LogP contribution in [-0.4, -0.2) is 70.1 Å². The van der Waals surface area contributed by atoms with Crippen LogP contribution in [0.25, 0.3) is 11.0 Å². The van der Waals surface area contributed by atoms with Crippen LogP contribution in [0.1, 0.15) is 58.6 Å². The minimum absolute atomic E-state index is 0.00102. The van der Waals surface area contributed by atoms with Crippen LogP contribution in [0.2, 0.25) is 0 Å². The van der Waals surface area contributed by atoms with E-state index in [0.29, 0.717) is 17.9 Å². The lowest BCUT2D eigenvalue weighted by Gasteiger charge is -2.33. The van der Waals surface area contributed by atoms with E-state index in [1.807, 2.05) is 72.6 Å². The number of Topliss-reactive ketones (excluding diaryl/α,β-unsaturated/α-hetero) is 2. The number of fused-ring (bicyclic) bond motifs is 1. The van der Waals surface area contributed by atoms with E-state index in [1.165, 1.54) is 5.56 Å². The number of imidazole rings is 1. The number of carbonyl (C=O) groups excluding carboxylic acids is 3. The number of likely N-dealkylation sites (tertiary alicyclic amines) is 1. The molecule has 7 nitrogen and oxygen atoms in total. The highest BCUT2D eigenvalue weighted by atomic mass is 16.2. The van der Waals surface area contributed by atoms with E-state index in [0.717, 1.165) is 49.9 Å². The van der Waals surface area contributed by atoms with E-state index < -0.39 is 0 Å². The van der Waals surface area contributed by atoms with Gasteiger partial charge >= 0.3 is 0 Å². The Bertz CT molecular complexity index is 1490. The largest absolute Gasteiger partial charge is 0.341 e. The van der Waals surface area contributed by atoms with Crippen molar-refractivity contribution in [3.63, 3.8) is 0 Å². The maximum absolute atomic E-state index is 13.6. The first kappa shape index (κ1) is 28.4. The first-order chi connectivity index (χ1) is 19.9. The molecule has 1 aliphatic heterocycles. The van der Waals surface area contributed by atoms with E-state index in [2.05, 4.69) is 34.1 Å². The molecule has 1 amide bonds. The SMILES string of the molecule is CC(=O)Cn1c(C(=O)C2CCN(CCC(CN(C)C(=O)c3ccccc3)c3ccccc3)CC2)nc2ccccc21. The maximum atomic E-state index is 13.6. The lowest BCUT2D eigenvalue weighted by Crippen LogP contribution is -2.39. The Hall–Kier alpha value is -4.10. The Balaban J connectivity index is 1.21. The number of para-hydroxylation sites is 2. The van der Waals surface area contributed by atoms with Crippen LogP contribution in [0.5, 0.6) is 0 Å². The normalized spacial score (nSPS) is 15.1. The van der Waals surface area contributed by atoms with E-state index in [1.54, 1.807) is 11.5 Å². The Kier molecular flexibility index (Phi) is 9.04. The summed E-state index contributed by atoms with van der Waals surface area (Å²) >= 11 is 0. The van der Waals surface area contributed by atoms with Crippen LogP contribution < -0.4 is 0 Å². The first-order valence-electron chi connectivity index (χ1n) is 14.5. The van der Waals surface area contributed by atoms with E-state index >= 15 is 0 Å². The third-order valence-electron chi connectivity index (χ3n) is 8.14. The number of nitrogens with zero attached hydrogens (tertiary/aromatic N) is 4. The van der Waals surface area contributed by atoms with Gasteiger partial charge in [-0.3, -0.25) is 14.4 Å². The molecule has 2 heterocycles. The molecule has 7 heteroatoms. The monoisotopic (exact) mass is 550 g/mol. The third kappa shape index (κ3) is 6.80. The highest BCUT2D eigenvalue weighted by molar-refractivity contribution is 5.98. The molecule has 1 aliphatic rings. The van der Waals surface area contributed by atoms with Gasteiger partial charge in [0, 0.05) is 31.0 Å². The summed E-state index contributed by atoms with van der Waals surface area (Å²) in [5.74, 6) is 0.566. The molecule has 1 saturated heterocycles. The van der Waals surface area contributed by atoms with Crippen LogP contribution in [0.4, 0.5) is 0 Å². The second kappa shape index (κ2) is 13.0. The number of amides is 1. The number of aromatic nitrogens is 2. The number of carbonyl (C=O) groups is 3. The predicted molar refractivity (Wildman–Crippen MR) is 161 cm³/mol. The van der Waals surface area contributed by atoms with Crippen molar-refractivity contribution in [1.82, 2.24) is 19.4 Å². The zero-order valence-corrected chi connectivity index (χ0v) is 23.9. The summed E-state index contributed by atoms with van der Waals surface area (Å²) in [5.41, 5.74) is 3.50. The van der Waals surface area contributed by atoms with Gasteiger partial charge in [-0.25, -0.2) is 4.98 Å². The molecule has 0 bridgehead atoms. The van der Waals surface area contributed by atoms with Crippen molar-refractivity contribution in [2.24, 2.45) is 5.92 Å². The van der Waals surface area contributed by atoms with Gasteiger partial charge in [0.1, 0.15) is 5.78 Å². The van der Waals surface area contributed by atoms with Gasteiger partial charge in [0.2, 0.25) is 5.78 Å². The zero-order chi connectivity index (χ0) is 28.8. The van der Waals surface area contributed by atoms with Crippen molar-refractivity contribution in [3.8, 4) is 0 Å². The van der Waals surface area contributed by atoms with Crippen molar-refractivity contribution in [3.05, 3.63) is 102 Å². The van der Waals surface area contributed by atoms with Crippen molar-refractivity contribution in [1.29, 1.82) is 0 Å². The molecule has 1 fully saturated rings. The molecular formula is C34H38N4O3. The van der Waals surface area contributed by atoms with Crippen LogP contribution in [-0.2, 0) is 11.3 Å². The molecule has 0 saturated carbocycles. The molecule has 3 aromatic carbocycles. The third-order valence-corrected chi connectivity index (χ3v) is 8.14. The van der Waals surface area contributed by atoms with Crippen LogP contribution in [0, 0.1) is 5.92 Å². The highest BCUT2D eigenvalue weighted by Crippen LogP contribution is 2.27. The van der Waals surface area contributed by atoms with Gasteiger partial charge in [0.15, 0.2) is 5.82 Å². The van der Waals surface area contributed by atoms with Crippen LogP contribution in [0.3, 0.4) is 0 Å². The van der Waals surface area contributed by atoms with Gasteiger partial charge in [-0.15, -0.1) is 0 Å². The number of piperidine rings is 1. The number of hydrogen-bond acceptors (Lipinski definition) is 5. The second-order valence-corrected chi connectivity index (χ2v) is 11.1. The van der Waals surface area contributed by atoms with Gasteiger partial charge in [0.05, 0.1) is 17.6 Å². The van der Waals surface area contributed by atoms with Crippen molar-refractivity contribution >= 4 is 28.5 Å². The number of benzene rings is 3. The number of rotatable bonds is 11. The highest BCUT2D eigenvalue weighted by Gasteiger charge is 2.30. The molecule has 0 radical (unpaired) electrons. The van der Waals surface area contributed by atoms with Crippen LogP contribution in [0.15, 0.2) is 84.9 Å². The molecule has 0 aliphatic carbocycles. The molecule has 1 unspecified atom stereocenters. The summed E-state index contributed by atoms with van der Waals surface area (Å²) in [5, 5.41) is 0. The quantitative estimate of drug-likeness (QED) is 0.232. The lowest BCUT2D eigenvalue weighted by atomic mass is 9.90. The molecule has 1 aromatic heterocycles. The molecular weight excluding hydrogens is 512 g/mol. The molecule has 1 atom stereocenters. The van der Waals surface area contributed by atoms with Crippen LogP contribution >= 0.6 is 0 Å². The predicted octanol–water partition coefficient (Wildman–Crippen LogP) is 5.47. The fourth-order valence-corrected chi connectivity index (χ4v) is 5.89. The molecule has 0 N–H and O–H groups in total. The number of ketones is 2. The van der Waals surface area contributed by atoms with E-state index in [9.17, 15) is 14.4 Å². The summed E-state index contributed by atoms with van der Waals surface area (Å²) in [6.07, 6.45) is 2.46. The summed E-state index contributed by atoms with van der Waals surface area (Å²) in [7, 11) is 1.88. The van der Waals surface area contributed by atoms with Gasteiger partial charge in [-0.2, -0.15) is 0 Å². The Labute approximate surface area is 241 Å². The molecule has 0 spiro atoms. The first-order valence-corrected chi connectivity index (χ1v) is 14.5. The van der Waals surface area contributed by atoms with Crippen molar-refractivity contribution in [2.45, 2.75) is 38.6 Å². The fraction of sp³-hybridized carbons (Fsp3) is 0.353. The Morgan fingerprint density at radius 1 is 0.902 bits per heavy atom. The van der Waals surface area contributed by atoms with E-state index in [4.69, 9.17) is 0 Å². The number of likely N-dealkylation sites (N-methyl/N-ethyl adjacent to an activating group) is 1. The van der Waals surface area contributed by atoms with Gasteiger partial charge in [-0.1, -0.05) is 60.7 Å². The molecule has 212 valence electrons. The fourth-order valence-electron chi connectivity index (χ4n) is 5.89. The topological polar surface area (TPSA) is 75.5 Å². The zero-order valence-electron chi connectivity index (χ0n) is 23.9. The summed E-state index contributed by atoms with van der Waals surface area (Å²) in [4.78, 5) is 47.5. The Morgan fingerprint density at radius 3 is 2.22 bits per heavy atom. The minimum atomic E-state index is -0.103. The van der Waals surface area contributed by atoms with Gasteiger partial charge in [-0.05, 0) is 75.6 Å². The van der Waals surface area contributed by atoms with Gasteiger partial charge in [0.25, 0.3) is 5.91 Å². The number of hydrogen-bond donors (Lipinski definition) is 0. The minimum Gasteiger partial charge on any atom is -0.341 e.